The Kier molecular flexibility index (Phi) is 4.29. The van der Waals surface area contributed by atoms with E-state index in [-0.39, 0.29) is 17.8 Å². The molecule has 2 nitrogen and oxygen atoms in total. The first-order valence-electron chi connectivity index (χ1n) is 4.84. The van der Waals surface area contributed by atoms with Crippen molar-refractivity contribution in [2.75, 3.05) is 6.61 Å². The molecular weight excluding hydrogens is 196 g/mol. The van der Waals surface area contributed by atoms with Crippen LogP contribution in [0.1, 0.15) is 31.1 Å². The minimum atomic E-state index is -0.297. The molecule has 0 aliphatic heterocycles. The molecule has 0 radical (unpaired) electrons. The normalized spacial score (nSPS) is 13.1. The van der Waals surface area contributed by atoms with E-state index in [0.717, 1.165) is 5.56 Å². The highest BCUT2D eigenvalue weighted by Crippen LogP contribution is 2.16. The van der Waals surface area contributed by atoms with Crippen molar-refractivity contribution in [3.05, 3.63) is 22.4 Å². The number of hydrogen-bond donors (Lipinski definition) is 0. The highest BCUT2D eigenvalue weighted by atomic mass is 32.1. The van der Waals surface area contributed by atoms with E-state index in [1.54, 1.807) is 0 Å². The molecule has 0 aliphatic carbocycles. The molecule has 0 saturated heterocycles. The van der Waals surface area contributed by atoms with Crippen molar-refractivity contribution in [1.29, 1.82) is 0 Å². The Bertz CT molecular complexity index is 277. The van der Waals surface area contributed by atoms with Crippen molar-refractivity contribution in [3.63, 3.8) is 0 Å². The summed E-state index contributed by atoms with van der Waals surface area (Å²) in [5, 5.41) is 3.79. The zero-order valence-electron chi connectivity index (χ0n) is 8.82. The van der Waals surface area contributed by atoms with Crippen LogP contribution in [0.4, 0.5) is 0 Å². The fourth-order valence-electron chi connectivity index (χ4n) is 1.32. The Morgan fingerprint density at radius 2 is 2.29 bits per heavy atom. The maximum absolute atomic E-state index is 11.9. The Labute approximate surface area is 88.9 Å². The fourth-order valence-corrected chi connectivity index (χ4v) is 1.96. The van der Waals surface area contributed by atoms with Crippen LogP contribution in [0.25, 0.3) is 0 Å². The molecule has 0 fully saturated rings. The molecule has 0 N–H and O–H groups in total. The Morgan fingerprint density at radius 1 is 1.57 bits per heavy atom. The van der Waals surface area contributed by atoms with Crippen molar-refractivity contribution in [2.45, 2.75) is 26.9 Å². The molecule has 0 aromatic carbocycles. The highest BCUT2D eigenvalue weighted by molar-refractivity contribution is 7.08. The molecule has 1 aromatic heterocycles. The number of Topliss-reactive ketones (excluding diaryl/α,β-unsaturated/α-hetero) is 1. The summed E-state index contributed by atoms with van der Waals surface area (Å²) in [6.45, 7) is 6.50. The predicted octanol–water partition coefficient (Wildman–Crippen LogP) is 2.99. The van der Waals surface area contributed by atoms with Crippen molar-refractivity contribution < 1.29 is 9.53 Å². The van der Waals surface area contributed by atoms with Gasteiger partial charge in [0, 0.05) is 17.6 Å². The van der Waals surface area contributed by atoms with E-state index in [4.69, 9.17) is 4.74 Å². The lowest BCUT2D eigenvalue weighted by Gasteiger charge is -2.18. The van der Waals surface area contributed by atoms with E-state index in [2.05, 4.69) is 0 Å². The van der Waals surface area contributed by atoms with Gasteiger partial charge >= 0.3 is 0 Å². The van der Waals surface area contributed by atoms with Crippen molar-refractivity contribution in [3.8, 4) is 0 Å². The van der Waals surface area contributed by atoms with Gasteiger partial charge in [0.2, 0.25) is 0 Å². The van der Waals surface area contributed by atoms with Gasteiger partial charge in [-0.15, -0.1) is 0 Å². The van der Waals surface area contributed by atoms with E-state index >= 15 is 0 Å². The largest absolute Gasteiger partial charge is 0.370 e. The van der Waals surface area contributed by atoms with Gasteiger partial charge in [0.15, 0.2) is 5.78 Å². The lowest BCUT2D eigenvalue weighted by Crippen LogP contribution is -2.29. The van der Waals surface area contributed by atoms with Crippen molar-refractivity contribution >= 4 is 17.1 Å². The molecule has 1 aromatic rings. The van der Waals surface area contributed by atoms with E-state index in [1.807, 2.05) is 37.6 Å². The Balaban J connectivity index is 2.74. The lowest BCUT2D eigenvalue weighted by molar-refractivity contribution is 0.0280. The second-order valence-electron chi connectivity index (χ2n) is 3.50. The average molecular weight is 212 g/mol. The molecule has 1 rings (SSSR count). The van der Waals surface area contributed by atoms with E-state index in [0.29, 0.717) is 6.61 Å². The highest BCUT2D eigenvalue weighted by Gasteiger charge is 2.23. The fraction of sp³-hybridized carbons (Fsp3) is 0.545. The Hall–Kier alpha value is -0.670. The molecule has 1 unspecified atom stereocenters. The molecule has 0 bridgehead atoms. The maximum Gasteiger partial charge on any atom is 0.192 e. The van der Waals surface area contributed by atoms with Crippen molar-refractivity contribution in [2.24, 2.45) is 5.92 Å². The maximum atomic E-state index is 11.9. The second-order valence-corrected chi connectivity index (χ2v) is 4.28. The number of thiophene rings is 1. The van der Waals surface area contributed by atoms with Gasteiger partial charge in [0.25, 0.3) is 0 Å². The molecule has 14 heavy (non-hydrogen) atoms. The van der Waals surface area contributed by atoms with Gasteiger partial charge in [0.05, 0.1) is 0 Å². The van der Waals surface area contributed by atoms with Crippen LogP contribution in [-0.2, 0) is 4.74 Å². The van der Waals surface area contributed by atoms with Gasteiger partial charge in [0.1, 0.15) is 6.10 Å². The summed E-state index contributed by atoms with van der Waals surface area (Å²) in [4.78, 5) is 11.9. The van der Waals surface area contributed by atoms with E-state index < -0.39 is 0 Å². The minimum absolute atomic E-state index is 0.100. The predicted molar refractivity (Wildman–Crippen MR) is 58.9 cm³/mol. The van der Waals surface area contributed by atoms with Crippen LogP contribution in [0.3, 0.4) is 0 Å². The summed E-state index contributed by atoms with van der Waals surface area (Å²) in [5.74, 6) is 0.324. The van der Waals surface area contributed by atoms with Crippen LogP contribution in [0.5, 0.6) is 0 Å². The molecule has 0 spiro atoms. The first-order valence-corrected chi connectivity index (χ1v) is 5.79. The van der Waals surface area contributed by atoms with E-state index in [9.17, 15) is 4.79 Å². The number of ketones is 1. The number of hydrogen-bond acceptors (Lipinski definition) is 3. The average Bonchev–Trinajstić information content (AvgIpc) is 2.65. The topological polar surface area (TPSA) is 26.3 Å². The molecule has 0 amide bonds. The third kappa shape index (κ3) is 2.66. The molecular formula is C11H16O2S. The quantitative estimate of drug-likeness (QED) is 0.701. The zero-order valence-corrected chi connectivity index (χ0v) is 9.64. The van der Waals surface area contributed by atoms with Gasteiger partial charge in [-0.1, -0.05) is 13.8 Å². The number of ether oxygens (including phenoxy) is 1. The molecule has 0 aliphatic rings. The van der Waals surface area contributed by atoms with Gasteiger partial charge in [-0.3, -0.25) is 4.79 Å². The third-order valence-electron chi connectivity index (χ3n) is 2.02. The molecule has 1 atom stereocenters. The minimum Gasteiger partial charge on any atom is -0.370 e. The van der Waals surface area contributed by atoms with Gasteiger partial charge in [-0.25, -0.2) is 0 Å². The smallest absolute Gasteiger partial charge is 0.192 e. The first kappa shape index (κ1) is 11.4. The molecule has 0 saturated carbocycles. The van der Waals surface area contributed by atoms with Crippen LogP contribution >= 0.6 is 11.3 Å². The van der Waals surface area contributed by atoms with Crippen molar-refractivity contribution in [1.82, 2.24) is 0 Å². The summed E-state index contributed by atoms with van der Waals surface area (Å²) >= 11 is 1.54. The van der Waals surface area contributed by atoms with Crippen LogP contribution in [0.2, 0.25) is 0 Å². The number of rotatable bonds is 5. The molecule has 3 heteroatoms. The van der Waals surface area contributed by atoms with Gasteiger partial charge < -0.3 is 4.74 Å². The van der Waals surface area contributed by atoms with Crippen LogP contribution in [0, 0.1) is 5.92 Å². The Morgan fingerprint density at radius 3 is 2.71 bits per heavy atom. The monoisotopic (exact) mass is 212 g/mol. The second kappa shape index (κ2) is 5.27. The summed E-state index contributed by atoms with van der Waals surface area (Å²) in [6, 6.07) is 1.85. The lowest BCUT2D eigenvalue weighted by atomic mass is 9.99. The molecule has 78 valence electrons. The van der Waals surface area contributed by atoms with Crippen LogP contribution < -0.4 is 0 Å². The first-order chi connectivity index (χ1) is 6.66. The SMILES string of the molecule is CCOC(C(=O)c1ccsc1)C(C)C. The number of carbonyl (C=O) groups is 1. The van der Waals surface area contributed by atoms with Gasteiger partial charge in [-0.05, 0) is 24.3 Å². The van der Waals surface area contributed by atoms with E-state index in [1.165, 1.54) is 11.3 Å². The summed E-state index contributed by atoms with van der Waals surface area (Å²) in [7, 11) is 0. The molecule has 1 heterocycles. The number of carbonyl (C=O) groups excluding carboxylic acids is 1. The summed E-state index contributed by atoms with van der Waals surface area (Å²) in [6.07, 6.45) is -0.297. The third-order valence-corrected chi connectivity index (χ3v) is 2.70. The summed E-state index contributed by atoms with van der Waals surface area (Å²) < 4.78 is 5.44. The van der Waals surface area contributed by atoms with Crippen LogP contribution in [-0.4, -0.2) is 18.5 Å². The summed E-state index contributed by atoms with van der Waals surface area (Å²) in [5.41, 5.74) is 0.766. The van der Waals surface area contributed by atoms with Crippen LogP contribution in [0.15, 0.2) is 16.8 Å². The zero-order chi connectivity index (χ0) is 10.6. The van der Waals surface area contributed by atoms with Gasteiger partial charge in [-0.2, -0.15) is 11.3 Å². The standard InChI is InChI=1S/C11H16O2S/c1-4-13-11(8(2)3)10(12)9-5-6-14-7-9/h5-8,11H,4H2,1-3H3.